The lowest BCUT2D eigenvalue weighted by Gasteiger charge is -2.22. The SMILES string of the molecule is CN(C)c1ccc(CC2CCNCC2)cc1.Cl.Cl. The van der Waals surface area contributed by atoms with E-state index in [4.69, 9.17) is 0 Å². The number of anilines is 1. The Bertz CT molecular complexity index is 319. The van der Waals surface area contributed by atoms with Crippen LogP contribution in [0.5, 0.6) is 0 Å². The summed E-state index contributed by atoms with van der Waals surface area (Å²) in [7, 11) is 4.17. The van der Waals surface area contributed by atoms with Crippen molar-refractivity contribution in [3.63, 3.8) is 0 Å². The smallest absolute Gasteiger partial charge is 0.0361 e. The van der Waals surface area contributed by atoms with Crippen LogP contribution >= 0.6 is 24.8 Å². The number of piperidine rings is 1. The molecule has 1 aromatic carbocycles. The monoisotopic (exact) mass is 290 g/mol. The third-order valence-corrected chi connectivity index (χ3v) is 3.44. The van der Waals surface area contributed by atoms with E-state index in [9.17, 15) is 0 Å². The maximum absolute atomic E-state index is 3.42. The Morgan fingerprint density at radius 1 is 1.06 bits per heavy atom. The van der Waals surface area contributed by atoms with Gasteiger partial charge in [-0.05, 0) is 56.0 Å². The minimum absolute atomic E-state index is 0. The maximum Gasteiger partial charge on any atom is 0.0361 e. The average molecular weight is 291 g/mol. The van der Waals surface area contributed by atoms with Crippen LogP contribution in [0.3, 0.4) is 0 Å². The van der Waals surface area contributed by atoms with Gasteiger partial charge in [0.2, 0.25) is 0 Å². The fourth-order valence-electron chi connectivity index (χ4n) is 2.35. The van der Waals surface area contributed by atoms with Gasteiger partial charge >= 0.3 is 0 Å². The molecule has 1 aliphatic rings. The molecule has 0 aromatic heterocycles. The van der Waals surface area contributed by atoms with Gasteiger partial charge in [-0.2, -0.15) is 0 Å². The number of hydrogen-bond acceptors (Lipinski definition) is 2. The van der Waals surface area contributed by atoms with Crippen LogP contribution in [0, 0.1) is 5.92 Å². The van der Waals surface area contributed by atoms with E-state index < -0.39 is 0 Å². The molecule has 4 heteroatoms. The Kier molecular flexibility index (Phi) is 8.41. The topological polar surface area (TPSA) is 15.3 Å². The summed E-state index contributed by atoms with van der Waals surface area (Å²) in [5.74, 6) is 0.881. The highest BCUT2D eigenvalue weighted by Crippen LogP contribution is 2.20. The second kappa shape index (κ2) is 8.63. The molecule has 1 saturated heterocycles. The summed E-state index contributed by atoms with van der Waals surface area (Å²) in [6.45, 7) is 2.39. The third-order valence-electron chi connectivity index (χ3n) is 3.44. The van der Waals surface area contributed by atoms with Crippen LogP contribution in [0.25, 0.3) is 0 Å². The van der Waals surface area contributed by atoms with Crippen molar-refractivity contribution in [2.45, 2.75) is 19.3 Å². The Morgan fingerprint density at radius 3 is 2.11 bits per heavy atom. The number of halogens is 2. The molecule has 0 bridgehead atoms. The molecule has 0 amide bonds. The molecule has 0 spiro atoms. The summed E-state index contributed by atoms with van der Waals surface area (Å²) in [5.41, 5.74) is 2.77. The van der Waals surface area contributed by atoms with Gasteiger partial charge in [0, 0.05) is 19.8 Å². The highest BCUT2D eigenvalue weighted by molar-refractivity contribution is 5.85. The van der Waals surface area contributed by atoms with E-state index in [2.05, 4.69) is 48.6 Å². The van der Waals surface area contributed by atoms with Crippen LogP contribution in [-0.4, -0.2) is 27.2 Å². The lowest BCUT2D eigenvalue weighted by atomic mass is 9.91. The van der Waals surface area contributed by atoms with Crippen LogP contribution < -0.4 is 10.2 Å². The van der Waals surface area contributed by atoms with Crippen LogP contribution in [0.1, 0.15) is 18.4 Å². The molecular weight excluding hydrogens is 267 g/mol. The summed E-state index contributed by atoms with van der Waals surface area (Å²) in [6.07, 6.45) is 3.90. The molecule has 1 aromatic rings. The van der Waals surface area contributed by atoms with Crippen molar-refractivity contribution in [2.24, 2.45) is 5.92 Å². The predicted molar refractivity (Wildman–Crippen MR) is 84.6 cm³/mol. The second-order valence-corrected chi connectivity index (χ2v) is 4.96. The predicted octanol–water partition coefficient (Wildman–Crippen LogP) is 3.14. The van der Waals surface area contributed by atoms with E-state index in [1.807, 2.05) is 0 Å². The van der Waals surface area contributed by atoms with Gasteiger partial charge in [0.05, 0.1) is 0 Å². The number of benzene rings is 1. The number of nitrogens with one attached hydrogen (secondary N) is 1. The Hall–Kier alpha value is -0.440. The Morgan fingerprint density at radius 2 is 1.61 bits per heavy atom. The van der Waals surface area contributed by atoms with Crippen LogP contribution in [0.4, 0.5) is 5.69 Å². The molecule has 104 valence electrons. The van der Waals surface area contributed by atoms with Crippen molar-refractivity contribution in [1.82, 2.24) is 5.32 Å². The van der Waals surface area contributed by atoms with E-state index in [0.717, 1.165) is 5.92 Å². The molecular formula is C14H24Cl2N2. The molecule has 0 saturated carbocycles. The Labute approximate surface area is 123 Å². The standard InChI is InChI=1S/C14H22N2.2ClH/c1-16(2)14-5-3-12(4-6-14)11-13-7-9-15-10-8-13;;/h3-6,13,15H,7-11H2,1-2H3;2*1H. The third kappa shape index (κ3) is 5.05. The zero-order valence-corrected chi connectivity index (χ0v) is 12.8. The molecule has 0 radical (unpaired) electrons. The first kappa shape index (κ1) is 17.6. The van der Waals surface area contributed by atoms with Crippen molar-refractivity contribution in [3.05, 3.63) is 29.8 Å². The first-order valence-corrected chi connectivity index (χ1v) is 6.22. The lowest BCUT2D eigenvalue weighted by Crippen LogP contribution is -2.28. The summed E-state index contributed by atoms with van der Waals surface area (Å²) >= 11 is 0. The molecule has 2 rings (SSSR count). The first-order chi connectivity index (χ1) is 7.75. The van der Waals surface area contributed by atoms with E-state index in [-0.39, 0.29) is 24.8 Å². The summed E-state index contributed by atoms with van der Waals surface area (Å²) in [5, 5.41) is 3.42. The van der Waals surface area contributed by atoms with E-state index in [1.54, 1.807) is 0 Å². The lowest BCUT2D eigenvalue weighted by molar-refractivity contribution is 0.372. The van der Waals surface area contributed by atoms with Gasteiger partial charge in [-0.25, -0.2) is 0 Å². The van der Waals surface area contributed by atoms with Crippen LogP contribution in [0.15, 0.2) is 24.3 Å². The molecule has 1 N–H and O–H groups in total. The molecule has 2 nitrogen and oxygen atoms in total. The highest BCUT2D eigenvalue weighted by Gasteiger charge is 2.13. The maximum atomic E-state index is 3.42. The molecule has 1 aliphatic heterocycles. The fraction of sp³-hybridized carbons (Fsp3) is 0.571. The number of nitrogens with zero attached hydrogens (tertiary/aromatic N) is 1. The quantitative estimate of drug-likeness (QED) is 0.920. The summed E-state index contributed by atoms with van der Waals surface area (Å²) in [4.78, 5) is 2.15. The zero-order chi connectivity index (χ0) is 11.4. The average Bonchev–Trinajstić information content (AvgIpc) is 2.31. The molecule has 1 fully saturated rings. The largest absolute Gasteiger partial charge is 0.378 e. The van der Waals surface area contributed by atoms with Crippen molar-refractivity contribution < 1.29 is 0 Å². The van der Waals surface area contributed by atoms with E-state index in [0.29, 0.717) is 0 Å². The van der Waals surface area contributed by atoms with Gasteiger partial charge in [0.1, 0.15) is 0 Å². The van der Waals surface area contributed by atoms with E-state index >= 15 is 0 Å². The second-order valence-electron chi connectivity index (χ2n) is 4.96. The molecule has 1 heterocycles. The normalized spacial score (nSPS) is 15.4. The summed E-state index contributed by atoms with van der Waals surface area (Å²) in [6, 6.07) is 8.99. The molecule has 18 heavy (non-hydrogen) atoms. The zero-order valence-electron chi connectivity index (χ0n) is 11.2. The molecule has 0 unspecified atom stereocenters. The van der Waals surface area contributed by atoms with Crippen molar-refractivity contribution >= 4 is 30.5 Å². The van der Waals surface area contributed by atoms with Gasteiger partial charge in [0.15, 0.2) is 0 Å². The van der Waals surface area contributed by atoms with Gasteiger partial charge < -0.3 is 10.2 Å². The molecule has 0 aliphatic carbocycles. The van der Waals surface area contributed by atoms with Crippen LogP contribution in [-0.2, 0) is 6.42 Å². The fourth-order valence-corrected chi connectivity index (χ4v) is 2.35. The minimum Gasteiger partial charge on any atom is -0.378 e. The first-order valence-electron chi connectivity index (χ1n) is 6.22. The molecule has 0 atom stereocenters. The summed E-state index contributed by atoms with van der Waals surface area (Å²) < 4.78 is 0. The van der Waals surface area contributed by atoms with Crippen molar-refractivity contribution in [2.75, 3.05) is 32.1 Å². The van der Waals surface area contributed by atoms with Crippen molar-refractivity contribution in [1.29, 1.82) is 0 Å². The highest BCUT2D eigenvalue weighted by atomic mass is 35.5. The van der Waals surface area contributed by atoms with Crippen molar-refractivity contribution in [3.8, 4) is 0 Å². The van der Waals surface area contributed by atoms with Gasteiger partial charge in [-0.1, -0.05) is 12.1 Å². The minimum atomic E-state index is 0. The number of rotatable bonds is 3. The van der Waals surface area contributed by atoms with Crippen LogP contribution in [0.2, 0.25) is 0 Å². The number of hydrogen-bond donors (Lipinski definition) is 1. The van der Waals surface area contributed by atoms with Gasteiger partial charge in [-0.15, -0.1) is 24.8 Å². The Balaban J connectivity index is 0.00000144. The van der Waals surface area contributed by atoms with E-state index in [1.165, 1.54) is 43.6 Å². The van der Waals surface area contributed by atoms with Gasteiger partial charge in [0.25, 0.3) is 0 Å². The van der Waals surface area contributed by atoms with Gasteiger partial charge in [-0.3, -0.25) is 0 Å².